The summed E-state index contributed by atoms with van der Waals surface area (Å²) in [6.45, 7) is 3.44. The molecule has 33 heavy (non-hydrogen) atoms. The van der Waals surface area contributed by atoms with E-state index in [0.717, 1.165) is 21.6 Å². The van der Waals surface area contributed by atoms with Gasteiger partial charge in [0.15, 0.2) is 17.2 Å². The predicted molar refractivity (Wildman–Crippen MR) is 127 cm³/mol. The lowest BCUT2D eigenvalue weighted by atomic mass is 9.92. The van der Waals surface area contributed by atoms with Crippen LogP contribution in [-0.4, -0.2) is 28.1 Å². The number of fused-ring (bicyclic) bond motifs is 3. The summed E-state index contributed by atoms with van der Waals surface area (Å²) >= 11 is 8.48. The maximum Gasteiger partial charge on any atom is 0.275 e. The number of hydrogen-bond donors (Lipinski definition) is 2. The van der Waals surface area contributed by atoms with Crippen molar-refractivity contribution in [1.82, 2.24) is 9.99 Å². The number of halogens is 1. The summed E-state index contributed by atoms with van der Waals surface area (Å²) in [4.78, 5) is 38.4. The van der Waals surface area contributed by atoms with Crippen molar-refractivity contribution in [1.29, 1.82) is 0 Å². The van der Waals surface area contributed by atoms with E-state index < -0.39 is 28.9 Å². The molecule has 0 fully saturated rings. The monoisotopic (exact) mass is 481 g/mol. The van der Waals surface area contributed by atoms with Gasteiger partial charge < -0.3 is 10.4 Å². The molecule has 7 nitrogen and oxygen atoms in total. The molecule has 0 aliphatic carbocycles. The number of aromatic nitrogens is 1. The predicted octanol–water partition coefficient (Wildman–Crippen LogP) is 4.01. The lowest BCUT2D eigenvalue weighted by Crippen LogP contribution is -2.54. The maximum atomic E-state index is 12.7. The molecular formula is C24H20ClN3O4S. The summed E-state index contributed by atoms with van der Waals surface area (Å²) in [5.41, 5.74) is 1.60. The van der Waals surface area contributed by atoms with Gasteiger partial charge in [-0.1, -0.05) is 41.9 Å². The Labute approximate surface area is 199 Å². The van der Waals surface area contributed by atoms with Gasteiger partial charge >= 0.3 is 0 Å². The maximum absolute atomic E-state index is 12.7. The van der Waals surface area contributed by atoms with Crippen LogP contribution in [0.15, 0.2) is 58.4 Å². The molecule has 1 amide bonds. The third kappa shape index (κ3) is 3.32. The fourth-order valence-electron chi connectivity index (χ4n) is 4.51. The number of nitrogens with zero attached hydrogens (tertiary/aromatic N) is 2. The number of pyridine rings is 1. The van der Waals surface area contributed by atoms with Gasteiger partial charge in [0.2, 0.25) is 5.43 Å². The normalized spacial score (nSPS) is 19.1. The van der Waals surface area contributed by atoms with Crippen LogP contribution in [0.5, 0.6) is 5.75 Å². The number of carbonyl (C=O) groups excluding carboxylic acids is 2. The highest BCUT2D eigenvalue weighted by atomic mass is 35.5. The van der Waals surface area contributed by atoms with Gasteiger partial charge in [0.05, 0.1) is 5.56 Å². The molecule has 3 heterocycles. The van der Waals surface area contributed by atoms with Crippen molar-refractivity contribution >= 4 is 35.1 Å². The Balaban J connectivity index is 1.84. The third-order valence-electron chi connectivity index (χ3n) is 6.05. The molecule has 0 radical (unpaired) electrons. The van der Waals surface area contributed by atoms with E-state index in [0.29, 0.717) is 5.02 Å². The van der Waals surface area contributed by atoms with Gasteiger partial charge in [-0.3, -0.25) is 24.1 Å². The van der Waals surface area contributed by atoms with Crippen molar-refractivity contribution in [2.45, 2.75) is 30.0 Å². The minimum absolute atomic E-state index is 0.0776. The molecule has 0 saturated heterocycles. The molecule has 2 aliphatic heterocycles. The van der Waals surface area contributed by atoms with Gasteiger partial charge in [-0.05, 0) is 37.1 Å². The molecule has 2 aliphatic rings. The minimum atomic E-state index is -0.866. The summed E-state index contributed by atoms with van der Waals surface area (Å²) in [7, 11) is 0. The molecule has 1 aromatic heterocycles. The third-order valence-corrected chi connectivity index (χ3v) is 7.61. The summed E-state index contributed by atoms with van der Waals surface area (Å²) in [6.07, 6.45) is 1.33. The number of amides is 1. The van der Waals surface area contributed by atoms with Gasteiger partial charge in [0, 0.05) is 26.9 Å². The van der Waals surface area contributed by atoms with Crippen molar-refractivity contribution in [3.05, 3.63) is 91.9 Å². The second-order valence-electron chi connectivity index (χ2n) is 8.02. The molecule has 0 bridgehead atoms. The lowest BCUT2D eigenvalue weighted by molar-refractivity contribution is 0.0911. The number of ketones is 1. The number of rotatable bonds is 2. The lowest BCUT2D eigenvalue weighted by Gasteiger charge is -2.40. The SMILES string of the molecule is CC(=O)c1cn2c(c(O)c1=O)C(=O)NCN2[C@@H]1c2ccccc2SC(C)c2cccc(Cl)c21. The summed E-state index contributed by atoms with van der Waals surface area (Å²) < 4.78 is 1.42. The second kappa shape index (κ2) is 7.97. The number of benzene rings is 2. The van der Waals surface area contributed by atoms with Crippen molar-refractivity contribution < 1.29 is 14.7 Å². The summed E-state index contributed by atoms with van der Waals surface area (Å²) in [5, 5.41) is 15.8. The van der Waals surface area contributed by atoms with Gasteiger partial charge in [0.25, 0.3) is 5.91 Å². The number of Topliss-reactive ketones (excluding diaryl/α,β-unsaturated/α-hetero) is 1. The Morgan fingerprint density at radius 1 is 1.15 bits per heavy atom. The van der Waals surface area contributed by atoms with Crippen LogP contribution in [0, 0.1) is 0 Å². The Hall–Kier alpha value is -3.23. The van der Waals surface area contributed by atoms with E-state index in [1.807, 2.05) is 47.5 Å². The first-order chi connectivity index (χ1) is 15.8. The van der Waals surface area contributed by atoms with Crippen LogP contribution < -0.4 is 15.8 Å². The van der Waals surface area contributed by atoms with Crippen LogP contribution in [-0.2, 0) is 0 Å². The number of thioether (sulfide) groups is 1. The first-order valence-corrected chi connectivity index (χ1v) is 11.6. The van der Waals surface area contributed by atoms with Crippen LogP contribution in [0.4, 0.5) is 0 Å². The Kier molecular flexibility index (Phi) is 5.22. The molecule has 0 spiro atoms. The van der Waals surface area contributed by atoms with E-state index in [1.165, 1.54) is 17.8 Å². The van der Waals surface area contributed by atoms with Gasteiger partial charge in [0.1, 0.15) is 12.7 Å². The quantitative estimate of drug-likeness (QED) is 0.537. The van der Waals surface area contributed by atoms with Crippen molar-refractivity contribution in [3.63, 3.8) is 0 Å². The molecule has 3 aromatic rings. The molecule has 2 N–H and O–H groups in total. The molecule has 168 valence electrons. The highest BCUT2D eigenvalue weighted by molar-refractivity contribution is 7.99. The molecule has 0 saturated carbocycles. The fourth-order valence-corrected chi connectivity index (χ4v) is 5.98. The summed E-state index contributed by atoms with van der Waals surface area (Å²) in [6, 6.07) is 13.3. The molecule has 2 atom stereocenters. The van der Waals surface area contributed by atoms with Gasteiger partial charge in [-0.15, -0.1) is 11.8 Å². The minimum Gasteiger partial charge on any atom is -0.502 e. The average Bonchev–Trinajstić information content (AvgIpc) is 2.91. The Morgan fingerprint density at radius 3 is 2.64 bits per heavy atom. The van der Waals surface area contributed by atoms with Crippen LogP contribution in [0.25, 0.3) is 0 Å². The first-order valence-electron chi connectivity index (χ1n) is 10.4. The van der Waals surface area contributed by atoms with Gasteiger partial charge in [-0.25, -0.2) is 0 Å². The number of carbonyl (C=O) groups is 2. The fraction of sp³-hybridized carbons (Fsp3) is 0.208. The van der Waals surface area contributed by atoms with E-state index in [-0.39, 0.29) is 23.2 Å². The smallest absolute Gasteiger partial charge is 0.275 e. The number of hydrogen-bond acceptors (Lipinski definition) is 6. The highest BCUT2D eigenvalue weighted by Crippen LogP contribution is 2.49. The highest BCUT2D eigenvalue weighted by Gasteiger charge is 2.38. The molecule has 9 heteroatoms. The second-order valence-corrected chi connectivity index (χ2v) is 9.81. The van der Waals surface area contributed by atoms with E-state index in [1.54, 1.807) is 11.8 Å². The zero-order chi connectivity index (χ0) is 23.4. The Morgan fingerprint density at radius 2 is 1.88 bits per heavy atom. The Bertz CT molecular complexity index is 1390. The van der Waals surface area contributed by atoms with E-state index >= 15 is 0 Å². The molecule has 5 rings (SSSR count). The molecular weight excluding hydrogens is 462 g/mol. The molecule has 2 aromatic carbocycles. The van der Waals surface area contributed by atoms with E-state index in [2.05, 4.69) is 12.2 Å². The van der Waals surface area contributed by atoms with E-state index in [4.69, 9.17) is 11.6 Å². The van der Waals surface area contributed by atoms with E-state index in [9.17, 15) is 19.5 Å². The van der Waals surface area contributed by atoms with Crippen LogP contribution in [0.3, 0.4) is 0 Å². The van der Waals surface area contributed by atoms with Crippen LogP contribution in [0.1, 0.15) is 62.7 Å². The number of nitrogens with one attached hydrogen (secondary N) is 1. The summed E-state index contributed by atoms with van der Waals surface area (Å²) in [5.74, 6) is -1.85. The van der Waals surface area contributed by atoms with Crippen molar-refractivity contribution in [2.24, 2.45) is 0 Å². The largest absolute Gasteiger partial charge is 0.502 e. The van der Waals surface area contributed by atoms with Gasteiger partial charge in [-0.2, -0.15) is 0 Å². The van der Waals surface area contributed by atoms with Crippen molar-refractivity contribution in [3.8, 4) is 5.75 Å². The standard InChI is InChI=1S/C24H20ClN3O4S/c1-12(29)16-10-27-21(23(31)22(16)30)24(32)26-11-28(27)20-15-6-3-4-9-18(15)33-13(2)14-7-5-8-17(25)19(14)20/h3-10,13,20,31H,11H2,1-2H3,(H,26,32)/t13?,20-/m1/s1. The zero-order valence-electron chi connectivity index (χ0n) is 17.8. The topological polar surface area (TPSA) is 91.6 Å². The zero-order valence-corrected chi connectivity index (χ0v) is 19.4. The van der Waals surface area contributed by atoms with Crippen molar-refractivity contribution in [2.75, 3.05) is 11.7 Å². The first kappa shape index (κ1) is 21.6. The van der Waals surface area contributed by atoms with Crippen LogP contribution >= 0.6 is 23.4 Å². The average molecular weight is 482 g/mol. The van der Waals surface area contributed by atoms with Crippen LogP contribution in [0.2, 0.25) is 5.02 Å². The number of aromatic hydroxyl groups is 1. The molecule has 1 unspecified atom stereocenters.